The van der Waals surface area contributed by atoms with E-state index in [1.807, 2.05) is 0 Å². The van der Waals surface area contributed by atoms with E-state index in [-0.39, 0.29) is 0 Å². The molecular formula is C13H18IN. The van der Waals surface area contributed by atoms with E-state index in [0.29, 0.717) is 0 Å². The molecule has 0 atom stereocenters. The van der Waals surface area contributed by atoms with Crippen LogP contribution >= 0.6 is 22.6 Å². The largest absolute Gasteiger partial charge is 0.302 e. The summed E-state index contributed by atoms with van der Waals surface area (Å²) in [6.07, 6.45) is 4.33. The molecule has 0 unspecified atom stereocenters. The van der Waals surface area contributed by atoms with E-state index in [9.17, 15) is 0 Å². The molecule has 1 saturated carbocycles. The van der Waals surface area contributed by atoms with Crippen LogP contribution in [-0.2, 0) is 6.54 Å². The van der Waals surface area contributed by atoms with Crippen LogP contribution in [0.15, 0.2) is 24.3 Å². The number of rotatable bonds is 4. The highest BCUT2D eigenvalue weighted by atomic mass is 127. The molecule has 2 heteroatoms. The molecule has 0 heterocycles. The predicted octanol–water partition coefficient (Wildman–Crippen LogP) is 3.52. The lowest BCUT2D eigenvalue weighted by Crippen LogP contribution is -2.29. The Balaban J connectivity index is 1.82. The van der Waals surface area contributed by atoms with Gasteiger partial charge in [-0.1, -0.05) is 18.6 Å². The fourth-order valence-corrected chi connectivity index (χ4v) is 2.44. The van der Waals surface area contributed by atoms with Gasteiger partial charge in [0.1, 0.15) is 0 Å². The Hall–Kier alpha value is -0.0900. The molecular weight excluding hydrogens is 297 g/mol. The highest BCUT2D eigenvalue weighted by Crippen LogP contribution is 2.27. The van der Waals surface area contributed by atoms with Crippen molar-refractivity contribution in [1.82, 2.24) is 4.90 Å². The normalized spacial score (nSPS) is 16.7. The summed E-state index contributed by atoms with van der Waals surface area (Å²) < 4.78 is 1.32. The molecule has 2 rings (SSSR count). The second-order valence-electron chi connectivity index (χ2n) is 4.62. The molecule has 0 N–H and O–H groups in total. The van der Waals surface area contributed by atoms with Gasteiger partial charge in [-0.3, -0.25) is 0 Å². The van der Waals surface area contributed by atoms with Crippen molar-refractivity contribution in [3.05, 3.63) is 33.4 Å². The van der Waals surface area contributed by atoms with Gasteiger partial charge >= 0.3 is 0 Å². The van der Waals surface area contributed by atoms with Crippen LogP contribution in [-0.4, -0.2) is 18.5 Å². The standard InChI is InChI=1S/C13H18IN/c1-15(9-11-3-2-4-11)10-12-5-7-13(14)8-6-12/h5-8,11H,2-4,9-10H2,1H3. The summed E-state index contributed by atoms with van der Waals surface area (Å²) in [6, 6.07) is 8.85. The van der Waals surface area contributed by atoms with E-state index in [1.165, 1.54) is 34.9 Å². The maximum atomic E-state index is 2.45. The summed E-state index contributed by atoms with van der Waals surface area (Å²) in [7, 11) is 2.23. The molecule has 1 aromatic carbocycles. The molecule has 15 heavy (non-hydrogen) atoms. The maximum Gasteiger partial charge on any atom is 0.0230 e. The third-order valence-corrected chi connectivity index (χ3v) is 3.88. The number of halogens is 1. The molecule has 1 aromatic rings. The van der Waals surface area contributed by atoms with Crippen LogP contribution in [0.1, 0.15) is 24.8 Å². The maximum absolute atomic E-state index is 2.45. The zero-order chi connectivity index (χ0) is 10.7. The van der Waals surface area contributed by atoms with E-state index in [2.05, 4.69) is 58.8 Å². The first-order valence-electron chi connectivity index (χ1n) is 5.67. The number of hydrogen-bond donors (Lipinski definition) is 0. The van der Waals surface area contributed by atoms with Gasteiger partial charge in [0.15, 0.2) is 0 Å². The van der Waals surface area contributed by atoms with Crippen LogP contribution < -0.4 is 0 Å². The number of hydrogen-bond acceptors (Lipinski definition) is 1. The molecule has 0 amide bonds. The first-order valence-corrected chi connectivity index (χ1v) is 6.75. The van der Waals surface area contributed by atoms with Crippen molar-refractivity contribution in [3.8, 4) is 0 Å². The van der Waals surface area contributed by atoms with Crippen LogP contribution in [0.5, 0.6) is 0 Å². The van der Waals surface area contributed by atoms with Gasteiger partial charge in [-0.15, -0.1) is 0 Å². The van der Waals surface area contributed by atoms with Crippen molar-refractivity contribution in [1.29, 1.82) is 0 Å². The van der Waals surface area contributed by atoms with E-state index < -0.39 is 0 Å². The average molecular weight is 315 g/mol. The van der Waals surface area contributed by atoms with Crippen molar-refractivity contribution in [2.75, 3.05) is 13.6 Å². The minimum atomic E-state index is 0.971. The quantitative estimate of drug-likeness (QED) is 0.769. The Labute approximate surface area is 106 Å². The minimum absolute atomic E-state index is 0.971. The highest BCUT2D eigenvalue weighted by molar-refractivity contribution is 14.1. The van der Waals surface area contributed by atoms with Crippen LogP contribution in [0.3, 0.4) is 0 Å². The monoisotopic (exact) mass is 315 g/mol. The van der Waals surface area contributed by atoms with Gasteiger partial charge in [0.25, 0.3) is 0 Å². The minimum Gasteiger partial charge on any atom is -0.302 e. The summed E-state index contributed by atoms with van der Waals surface area (Å²) in [4.78, 5) is 2.45. The molecule has 0 spiro atoms. The summed E-state index contributed by atoms with van der Waals surface area (Å²) in [6.45, 7) is 2.36. The molecule has 0 aromatic heterocycles. The topological polar surface area (TPSA) is 3.24 Å². The Morgan fingerprint density at radius 1 is 1.27 bits per heavy atom. The van der Waals surface area contributed by atoms with Crippen LogP contribution in [0.4, 0.5) is 0 Å². The van der Waals surface area contributed by atoms with E-state index in [0.717, 1.165) is 12.5 Å². The van der Waals surface area contributed by atoms with Crippen LogP contribution in [0.2, 0.25) is 0 Å². The SMILES string of the molecule is CN(Cc1ccc(I)cc1)CC1CCC1. The van der Waals surface area contributed by atoms with E-state index >= 15 is 0 Å². The number of benzene rings is 1. The lowest BCUT2D eigenvalue weighted by molar-refractivity contribution is 0.200. The Morgan fingerprint density at radius 3 is 2.47 bits per heavy atom. The molecule has 1 aliphatic rings. The van der Waals surface area contributed by atoms with Crippen molar-refractivity contribution in [2.24, 2.45) is 5.92 Å². The first kappa shape index (κ1) is 11.4. The second kappa shape index (κ2) is 5.30. The van der Waals surface area contributed by atoms with Gasteiger partial charge in [0.2, 0.25) is 0 Å². The fraction of sp³-hybridized carbons (Fsp3) is 0.538. The first-order chi connectivity index (χ1) is 7.24. The molecule has 1 aliphatic carbocycles. The zero-order valence-corrected chi connectivity index (χ0v) is 11.4. The summed E-state index contributed by atoms with van der Waals surface area (Å²) >= 11 is 2.35. The smallest absolute Gasteiger partial charge is 0.0230 e. The highest BCUT2D eigenvalue weighted by Gasteiger charge is 2.18. The van der Waals surface area contributed by atoms with E-state index in [4.69, 9.17) is 0 Å². The lowest BCUT2D eigenvalue weighted by atomic mass is 9.85. The third kappa shape index (κ3) is 3.45. The molecule has 0 aliphatic heterocycles. The Kier molecular flexibility index (Phi) is 4.03. The van der Waals surface area contributed by atoms with Gasteiger partial charge in [0, 0.05) is 16.7 Å². The van der Waals surface area contributed by atoms with Gasteiger partial charge in [-0.2, -0.15) is 0 Å². The molecule has 0 bridgehead atoms. The predicted molar refractivity (Wildman–Crippen MR) is 72.8 cm³/mol. The number of nitrogens with zero attached hydrogens (tertiary/aromatic N) is 1. The van der Waals surface area contributed by atoms with Crippen molar-refractivity contribution >= 4 is 22.6 Å². The lowest BCUT2D eigenvalue weighted by Gasteiger charge is -2.30. The summed E-state index contributed by atoms with van der Waals surface area (Å²) in [5, 5.41) is 0. The van der Waals surface area contributed by atoms with Gasteiger partial charge in [-0.25, -0.2) is 0 Å². The Morgan fingerprint density at radius 2 is 1.93 bits per heavy atom. The molecule has 1 fully saturated rings. The van der Waals surface area contributed by atoms with Crippen molar-refractivity contribution < 1.29 is 0 Å². The second-order valence-corrected chi connectivity index (χ2v) is 5.87. The van der Waals surface area contributed by atoms with Crippen molar-refractivity contribution in [2.45, 2.75) is 25.8 Å². The molecule has 82 valence electrons. The van der Waals surface area contributed by atoms with Gasteiger partial charge in [-0.05, 0) is 66.1 Å². The fourth-order valence-electron chi connectivity index (χ4n) is 2.08. The van der Waals surface area contributed by atoms with E-state index in [1.54, 1.807) is 0 Å². The van der Waals surface area contributed by atoms with Gasteiger partial charge < -0.3 is 4.90 Å². The zero-order valence-electron chi connectivity index (χ0n) is 9.25. The summed E-state index contributed by atoms with van der Waals surface area (Å²) in [5.74, 6) is 0.971. The molecule has 0 saturated heterocycles. The molecule has 1 nitrogen and oxygen atoms in total. The van der Waals surface area contributed by atoms with Crippen LogP contribution in [0.25, 0.3) is 0 Å². The van der Waals surface area contributed by atoms with Crippen molar-refractivity contribution in [3.63, 3.8) is 0 Å². The molecule has 0 radical (unpaired) electrons. The third-order valence-electron chi connectivity index (χ3n) is 3.16. The summed E-state index contributed by atoms with van der Waals surface area (Å²) in [5.41, 5.74) is 1.43. The van der Waals surface area contributed by atoms with Crippen LogP contribution in [0, 0.1) is 9.49 Å². The van der Waals surface area contributed by atoms with Gasteiger partial charge in [0.05, 0.1) is 0 Å². The Bertz CT molecular complexity index is 303. The average Bonchev–Trinajstić information content (AvgIpc) is 2.16.